The van der Waals surface area contributed by atoms with Crippen LogP contribution in [0.4, 0.5) is 11.5 Å². The molecule has 0 aliphatic carbocycles. The molecule has 2 heterocycles. The number of thiophene rings is 1. The maximum Gasteiger partial charge on any atom is 0.138 e. The van der Waals surface area contributed by atoms with E-state index in [1.54, 1.807) is 17.7 Å². The lowest BCUT2D eigenvalue weighted by Gasteiger charge is -2.12. The van der Waals surface area contributed by atoms with Crippen LogP contribution in [0, 0.1) is 6.92 Å². The Balaban J connectivity index is 1.34. The maximum absolute atomic E-state index is 4.53. The second-order valence-corrected chi connectivity index (χ2v) is 8.16. The lowest BCUT2D eigenvalue weighted by Crippen LogP contribution is -2.14. The molecule has 5 aromatic rings. The average molecular weight is 411 g/mol. The Bertz CT molecular complexity index is 1300. The van der Waals surface area contributed by atoms with Gasteiger partial charge in [-0.25, -0.2) is 9.97 Å². The monoisotopic (exact) mass is 410 g/mol. The summed E-state index contributed by atoms with van der Waals surface area (Å²) < 4.78 is 0. The zero-order valence-corrected chi connectivity index (χ0v) is 17.5. The molecular weight excluding hydrogens is 388 g/mol. The van der Waals surface area contributed by atoms with Crippen LogP contribution in [0.1, 0.15) is 5.56 Å². The van der Waals surface area contributed by atoms with E-state index in [2.05, 4.69) is 99.6 Å². The number of nitrogens with one attached hydrogen (secondary N) is 2. The van der Waals surface area contributed by atoms with Crippen molar-refractivity contribution >= 4 is 43.8 Å². The Labute approximate surface area is 179 Å². The summed E-state index contributed by atoms with van der Waals surface area (Å²) in [5.74, 6) is 0.886. The number of hydrogen-bond acceptors (Lipinski definition) is 5. The van der Waals surface area contributed by atoms with Crippen molar-refractivity contribution in [1.82, 2.24) is 9.97 Å². The zero-order valence-electron chi connectivity index (χ0n) is 16.7. The predicted molar refractivity (Wildman–Crippen MR) is 129 cm³/mol. The van der Waals surface area contributed by atoms with Crippen molar-refractivity contribution in [3.05, 3.63) is 84.0 Å². The van der Waals surface area contributed by atoms with E-state index < -0.39 is 0 Å². The highest BCUT2D eigenvalue weighted by Gasteiger charge is 2.12. The fraction of sp³-hybridized carbons (Fsp3) is 0.120. The normalized spacial score (nSPS) is 11.1. The SMILES string of the molecule is Cc1ccc(-c2csc3ncnc(NCCNc4cccc5ccccc45)c23)cc1. The van der Waals surface area contributed by atoms with E-state index in [9.17, 15) is 0 Å². The van der Waals surface area contributed by atoms with Crippen LogP contribution in [0.5, 0.6) is 0 Å². The molecule has 0 atom stereocenters. The van der Waals surface area contributed by atoms with Gasteiger partial charge in [-0.1, -0.05) is 66.2 Å². The van der Waals surface area contributed by atoms with E-state index in [1.807, 2.05) is 0 Å². The van der Waals surface area contributed by atoms with E-state index in [4.69, 9.17) is 0 Å². The van der Waals surface area contributed by atoms with Crippen LogP contribution in [0.15, 0.2) is 78.4 Å². The second-order valence-electron chi connectivity index (χ2n) is 7.30. The van der Waals surface area contributed by atoms with E-state index in [1.165, 1.54) is 27.5 Å². The first-order valence-corrected chi connectivity index (χ1v) is 10.9. The van der Waals surface area contributed by atoms with Gasteiger partial charge in [0.2, 0.25) is 0 Å². The van der Waals surface area contributed by atoms with E-state index in [0.29, 0.717) is 0 Å². The van der Waals surface area contributed by atoms with Gasteiger partial charge >= 0.3 is 0 Å². The lowest BCUT2D eigenvalue weighted by atomic mass is 10.0. The van der Waals surface area contributed by atoms with E-state index in [0.717, 1.165) is 34.8 Å². The highest BCUT2D eigenvalue weighted by molar-refractivity contribution is 7.17. The zero-order chi connectivity index (χ0) is 20.3. The van der Waals surface area contributed by atoms with Crippen molar-refractivity contribution in [2.45, 2.75) is 6.92 Å². The minimum Gasteiger partial charge on any atom is -0.383 e. The molecule has 30 heavy (non-hydrogen) atoms. The van der Waals surface area contributed by atoms with Crippen molar-refractivity contribution in [2.24, 2.45) is 0 Å². The van der Waals surface area contributed by atoms with Gasteiger partial charge < -0.3 is 10.6 Å². The van der Waals surface area contributed by atoms with E-state index >= 15 is 0 Å². The van der Waals surface area contributed by atoms with Crippen molar-refractivity contribution in [3.63, 3.8) is 0 Å². The summed E-state index contributed by atoms with van der Waals surface area (Å²) in [6, 6.07) is 23.4. The summed E-state index contributed by atoms with van der Waals surface area (Å²) in [4.78, 5) is 10.0. The molecule has 0 aliphatic heterocycles. The Morgan fingerprint density at radius 2 is 1.63 bits per heavy atom. The van der Waals surface area contributed by atoms with Gasteiger partial charge in [-0.2, -0.15) is 0 Å². The molecule has 0 unspecified atom stereocenters. The Morgan fingerprint density at radius 1 is 0.833 bits per heavy atom. The fourth-order valence-corrected chi connectivity index (χ4v) is 4.63. The average Bonchev–Trinajstić information content (AvgIpc) is 3.22. The number of aryl methyl sites for hydroxylation is 1. The Kier molecular flexibility index (Phi) is 5.03. The predicted octanol–water partition coefficient (Wildman–Crippen LogP) is 6.34. The lowest BCUT2D eigenvalue weighted by molar-refractivity contribution is 1.06. The van der Waals surface area contributed by atoms with Gasteiger partial charge in [0, 0.05) is 35.1 Å². The first-order chi connectivity index (χ1) is 14.8. The van der Waals surface area contributed by atoms with Crippen molar-refractivity contribution in [1.29, 1.82) is 0 Å². The van der Waals surface area contributed by atoms with Gasteiger partial charge in [0.1, 0.15) is 17.0 Å². The third kappa shape index (κ3) is 3.60. The molecule has 0 spiro atoms. The summed E-state index contributed by atoms with van der Waals surface area (Å²) in [7, 11) is 0. The standard InChI is InChI=1S/C25H22N4S/c1-17-9-11-19(12-10-17)21-15-30-25-23(21)24(28-16-29-25)27-14-13-26-22-8-4-6-18-5-2-3-7-20(18)22/h2-12,15-16,26H,13-14H2,1H3,(H,27,28,29). The Hall–Kier alpha value is -3.44. The van der Waals surface area contributed by atoms with Gasteiger partial charge in [0.05, 0.1) is 5.39 Å². The molecule has 0 amide bonds. The minimum atomic E-state index is 0.762. The molecule has 0 saturated heterocycles. The number of benzene rings is 3. The van der Waals surface area contributed by atoms with Gasteiger partial charge in [0.15, 0.2) is 0 Å². The number of aromatic nitrogens is 2. The molecule has 0 bridgehead atoms. The minimum absolute atomic E-state index is 0.762. The molecule has 2 N–H and O–H groups in total. The topological polar surface area (TPSA) is 49.8 Å². The molecular formula is C25H22N4S. The van der Waals surface area contributed by atoms with Crippen molar-refractivity contribution in [3.8, 4) is 11.1 Å². The summed E-state index contributed by atoms with van der Waals surface area (Å²) in [5, 5.41) is 12.8. The van der Waals surface area contributed by atoms with Crippen LogP contribution in [0.3, 0.4) is 0 Å². The largest absolute Gasteiger partial charge is 0.383 e. The molecule has 0 saturated carbocycles. The quantitative estimate of drug-likeness (QED) is 0.321. The molecule has 0 aliphatic rings. The number of nitrogens with zero attached hydrogens (tertiary/aromatic N) is 2. The van der Waals surface area contributed by atoms with Crippen LogP contribution in [-0.4, -0.2) is 23.1 Å². The number of rotatable bonds is 6. The number of hydrogen-bond donors (Lipinski definition) is 2. The van der Waals surface area contributed by atoms with Gasteiger partial charge in [-0.05, 0) is 23.9 Å². The molecule has 148 valence electrons. The third-order valence-electron chi connectivity index (χ3n) is 5.26. The fourth-order valence-electron chi connectivity index (χ4n) is 3.71. The third-order valence-corrected chi connectivity index (χ3v) is 6.14. The molecule has 0 radical (unpaired) electrons. The van der Waals surface area contributed by atoms with Crippen LogP contribution in [0.2, 0.25) is 0 Å². The molecule has 3 aromatic carbocycles. The Morgan fingerprint density at radius 3 is 2.53 bits per heavy atom. The molecule has 2 aromatic heterocycles. The van der Waals surface area contributed by atoms with Crippen LogP contribution in [0.25, 0.3) is 32.1 Å². The first kappa shape index (κ1) is 18.6. The number of fused-ring (bicyclic) bond motifs is 2. The number of anilines is 2. The van der Waals surface area contributed by atoms with Crippen LogP contribution in [-0.2, 0) is 0 Å². The summed E-state index contributed by atoms with van der Waals surface area (Å²) in [5.41, 5.74) is 4.78. The van der Waals surface area contributed by atoms with Crippen molar-refractivity contribution in [2.75, 3.05) is 23.7 Å². The van der Waals surface area contributed by atoms with Crippen molar-refractivity contribution < 1.29 is 0 Å². The second kappa shape index (κ2) is 8.13. The van der Waals surface area contributed by atoms with Gasteiger partial charge in [-0.15, -0.1) is 11.3 Å². The molecule has 5 heteroatoms. The summed E-state index contributed by atoms with van der Waals surface area (Å²) in [6.07, 6.45) is 1.64. The smallest absolute Gasteiger partial charge is 0.138 e. The van der Waals surface area contributed by atoms with Crippen LogP contribution >= 0.6 is 11.3 Å². The molecule has 5 rings (SSSR count). The highest BCUT2D eigenvalue weighted by Crippen LogP contribution is 2.36. The highest BCUT2D eigenvalue weighted by atomic mass is 32.1. The first-order valence-electron chi connectivity index (χ1n) is 10.0. The summed E-state index contributed by atoms with van der Waals surface area (Å²) in [6.45, 7) is 3.66. The van der Waals surface area contributed by atoms with Crippen LogP contribution < -0.4 is 10.6 Å². The maximum atomic E-state index is 4.53. The summed E-state index contributed by atoms with van der Waals surface area (Å²) >= 11 is 1.66. The molecule has 4 nitrogen and oxygen atoms in total. The van der Waals surface area contributed by atoms with E-state index in [-0.39, 0.29) is 0 Å². The molecule has 0 fully saturated rings. The van der Waals surface area contributed by atoms with Gasteiger partial charge in [-0.3, -0.25) is 0 Å². The van der Waals surface area contributed by atoms with Gasteiger partial charge in [0.25, 0.3) is 0 Å².